The second-order valence-corrected chi connectivity index (χ2v) is 6.34. The topological polar surface area (TPSA) is 41.6 Å². The lowest BCUT2D eigenvalue weighted by Crippen LogP contribution is -2.31. The molecular formula is C19H23ClN2O2. The van der Waals surface area contributed by atoms with E-state index in [-0.39, 0.29) is 11.9 Å². The predicted molar refractivity (Wildman–Crippen MR) is 97.8 cm³/mol. The van der Waals surface area contributed by atoms with Crippen molar-refractivity contribution in [1.29, 1.82) is 0 Å². The van der Waals surface area contributed by atoms with Crippen molar-refractivity contribution in [3.63, 3.8) is 0 Å². The molecule has 0 aromatic heterocycles. The zero-order valence-corrected chi connectivity index (χ0v) is 15.0. The highest BCUT2D eigenvalue weighted by Gasteiger charge is 2.16. The molecule has 2 aromatic rings. The van der Waals surface area contributed by atoms with Gasteiger partial charge in [0.25, 0.3) is 5.91 Å². The fraction of sp³-hybridized carbons (Fsp3) is 0.316. The Labute approximate surface area is 148 Å². The number of hydrogen-bond acceptors (Lipinski definition) is 3. The number of nitrogens with one attached hydrogen (secondary N) is 1. The maximum atomic E-state index is 12.6. The molecule has 0 saturated heterocycles. The van der Waals surface area contributed by atoms with Crippen LogP contribution in [0.5, 0.6) is 5.75 Å². The Morgan fingerprint density at radius 3 is 2.54 bits per heavy atom. The summed E-state index contributed by atoms with van der Waals surface area (Å²) in [6.07, 6.45) is 0.810. The van der Waals surface area contributed by atoms with Gasteiger partial charge in [-0.2, -0.15) is 0 Å². The summed E-state index contributed by atoms with van der Waals surface area (Å²) in [5.41, 5.74) is 1.62. The van der Waals surface area contributed by atoms with Crippen molar-refractivity contribution in [3.8, 4) is 5.75 Å². The summed E-state index contributed by atoms with van der Waals surface area (Å²) in [6.45, 7) is 0.867. The highest BCUT2D eigenvalue weighted by atomic mass is 35.5. The first-order valence-corrected chi connectivity index (χ1v) is 8.22. The summed E-state index contributed by atoms with van der Waals surface area (Å²) in [5.74, 6) is 0.548. The zero-order valence-electron chi connectivity index (χ0n) is 14.3. The molecule has 2 rings (SSSR count). The summed E-state index contributed by atoms with van der Waals surface area (Å²) in [6, 6.07) is 14.7. The number of rotatable bonds is 7. The number of amides is 1. The maximum Gasteiger partial charge on any atom is 0.251 e. The minimum atomic E-state index is -0.118. The molecule has 1 amide bonds. The molecule has 0 heterocycles. The number of benzene rings is 2. The molecule has 1 unspecified atom stereocenters. The van der Waals surface area contributed by atoms with Gasteiger partial charge in [0, 0.05) is 10.6 Å². The van der Waals surface area contributed by atoms with E-state index in [9.17, 15) is 4.79 Å². The van der Waals surface area contributed by atoms with Gasteiger partial charge in [-0.1, -0.05) is 29.8 Å². The first kappa shape index (κ1) is 18.3. The Hall–Kier alpha value is -2.04. The Bertz CT molecular complexity index is 671. The van der Waals surface area contributed by atoms with E-state index in [0.717, 1.165) is 18.5 Å². The third-order valence-electron chi connectivity index (χ3n) is 3.77. The molecule has 0 aliphatic heterocycles. The van der Waals surface area contributed by atoms with Crippen LogP contribution in [0, 0.1) is 0 Å². The van der Waals surface area contributed by atoms with Gasteiger partial charge in [-0.05, 0) is 63.0 Å². The van der Waals surface area contributed by atoms with Crippen LogP contribution in [0.1, 0.15) is 28.4 Å². The third kappa shape index (κ3) is 5.25. The first-order chi connectivity index (χ1) is 11.5. The lowest BCUT2D eigenvalue weighted by molar-refractivity contribution is 0.0932. The average Bonchev–Trinajstić information content (AvgIpc) is 2.59. The highest BCUT2D eigenvalue weighted by molar-refractivity contribution is 6.30. The first-order valence-electron chi connectivity index (χ1n) is 7.84. The molecule has 1 atom stereocenters. The van der Waals surface area contributed by atoms with Crippen LogP contribution in [0.3, 0.4) is 0 Å². The van der Waals surface area contributed by atoms with Gasteiger partial charge in [-0.15, -0.1) is 0 Å². The van der Waals surface area contributed by atoms with Gasteiger partial charge < -0.3 is 15.0 Å². The number of carbonyl (C=O) groups excluding carboxylic acids is 1. The van der Waals surface area contributed by atoms with Crippen LogP contribution >= 0.6 is 11.6 Å². The number of nitrogens with zero attached hydrogens (tertiary/aromatic N) is 1. The second kappa shape index (κ2) is 8.71. The van der Waals surface area contributed by atoms with Crippen LogP contribution in [0.15, 0.2) is 48.5 Å². The molecule has 0 saturated carbocycles. The smallest absolute Gasteiger partial charge is 0.251 e. The quantitative estimate of drug-likeness (QED) is 0.829. The lowest BCUT2D eigenvalue weighted by Gasteiger charge is -2.21. The monoisotopic (exact) mass is 346 g/mol. The molecule has 0 bridgehead atoms. The summed E-state index contributed by atoms with van der Waals surface area (Å²) in [4.78, 5) is 14.7. The molecule has 0 fully saturated rings. The Kier molecular flexibility index (Phi) is 6.64. The van der Waals surface area contributed by atoms with Gasteiger partial charge in [0.2, 0.25) is 0 Å². The van der Waals surface area contributed by atoms with E-state index in [1.807, 2.05) is 50.5 Å². The zero-order chi connectivity index (χ0) is 17.5. The fourth-order valence-electron chi connectivity index (χ4n) is 2.41. The van der Waals surface area contributed by atoms with Crippen molar-refractivity contribution in [1.82, 2.24) is 10.2 Å². The van der Waals surface area contributed by atoms with Crippen LogP contribution < -0.4 is 10.1 Å². The molecule has 5 heteroatoms. The Morgan fingerprint density at radius 1 is 1.21 bits per heavy atom. The van der Waals surface area contributed by atoms with Crippen molar-refractivity contribution >= 4 is 17.5 Å². The summed E-state index contributed by atoms with van der Waals surface area (Å²) < 4.78 is 5.19. The van der Waals surface area contributed by atoms with Crippen molar-refractivity contribution < 1.29 is 9.53 Å². The molecule has 0 radical (unpaired) electrons. The van der Waals surface area contributed by atoms with Gasteiger partial charge in [-0.3, -0.25) is 4.79 Å². The normalized spacial score (nSPS) is 12.0. The van der Waals surface area contributed by atoms with E-state index in [1.165, 1.54) is 0 Å². The largest absolute Gasteiger partial charge is 0.497 e. The summed E-state index contributed by atoms with van der Waals surface area (Å²) in [7, 11) is 5.62. The van der Waals surface area contributed by atoms with Crippen LogP contribution in [-0.4, -0.2) is 38.6 Å². The molecule has 24 heavy (non-hydrogen) atoms. The average molecular weight is 347 g/mol. The minimum absolute atomic E-state index is 0.0802. The maximum absolute atomic E-state index is 12.6. The minimum Gasteiger partial charge on any atom is -0.497 e. The van der Waals surface area contributed by atoms with E-state index in [1.54, 1.807) is 19.2 Å². The van der Waals surface area contributed by atoms with Gasteiger partial charge in [0.15, 0.2) is 0 Å². The Balaban J connectivity index is 2.17. The van der Waals surface area contributed by atoms with E-state index >= 15 is 0 Å². The van der Waals surface area contributed by atoms with E-state index in [2.05, 4.69) is 10.2 Å². The standard InChI is InChI=1S/C19H23ClN2O2/c1-22(2)12-11-18(14-7-9-16(20)10-8-14)21-19(23)15-5-4-6-17(13-15)24-3/h4-10,13,18H,11-12H2,1-3H3,(H,21,23). The third-order valence-corrected chi connectivity index (χ3v) is 4.03. The number of halogens is 1. The van der Waals surface area contributed by atoms with Crippen molar-refractivity contribution in [3.05, 3.63) is 64.7 Å². The molecule has 4 nitrogen and oxygen atoms in total. The van der Waals surface area contributed by atoms with Crippen molar-refractivity contribution in [2.75, 3.05) is 27.7 Å². The molecular weight excluding hydrogens is 324 g/mol. The van der Waals surface area contributed by atoms with Crippen LogP contribution in [-0.2, 0) is 0 Å². The molecule has 0 aliphatic carbocycles. The van der Waals surface area contributed by atoms with E-state index < -0.39 is 0 Å². The molecule has 0 aliphatic rings. The van der Waals surface area contributed by atoms with Crippen LogP contribution in [0.4, 0.5) is 0 Å². The van der Waals surface area contributed by atoms with Crippen molar-refractivity contribution in [2.24, 2.45) is 0 Å². The highest BCUT2D eigenvalue weighted by Crippen LogP contribution is 2.21. The number of methoxy groups -OCH3 is 1. The van der Waals surface area contributed by atoms with Gasteiger partial charge in [0.05, 0.1) is 13.2 Å². The number of carbonyl (C=O) groups is 1. The molecule has 2 aromatic carbocycles. The van der Waals surface area contributed by atoms with Gasteiger partial charge in [0.1, 0.15) is 5.75 Å². The van der Waals surface area contributed by atoms with Gasteiger partial charge >= 0.3 is 0 Å². The van der Waals surface area contributed by atoms with Crippen LogP contribution in [0.25, 0.3) is 0 Å². The van der Waals surface area contributed by atoms with E-state index in [4.69, 9.17) is 16.3 Å². The lowest BCUT2D eigenvalue weighted by atomic mass is 10.0. The number of hydrogen-bond donors (Lipinski definition) is 1. The van der Waals surface area contributed by atoms with E-state index in [0.29, 0.717) is 16.3 Å². The van der Waals surface area contributed by atoms with Crippen LogP contribution in [0.2, 0.25) is 5.02 Å². The molecule has 128 valence electrons. The summed E-state index contributed by atoms with van der Waals surface area (Å²) >= 11 is 5.97. The number of ether oxygens (including phenoxy) is 1. The second-order valence-electron chi connectivity index (χ2n) is 5.90. The fourth-order valence-corrected chi connectivity index (χ4v) is 2.54. The molecule has 0 spiro atoms. The summed E-state index contributed by atoms with van der Waals surface area (Å²) in [5, 5.41) is 3.80. The predicted octanol–water partition coefficient (Wildman–Crippen LogP) is 3.77. The van der Waals surface area contributed by atoms with Gasteiger partial charge in [-0.25, -0.2) is 0 Å². The Morgan fingerprint density at radius 2 is 1.92 bits per heavy atom. The van der Waals surface area contributed by atoms with Crippen molar-refractivity contribution in [2.45, 2.75) is 12.5 Å². The SMILES string of the molecule is COc1cccc(C(=O)NC(CCN(C)C)c2ccc(Cl)cc2)c1. The molecule has 1 N–H and O–H groups in total.